The van der Waals surface area contributed by atoms with Crippen molar-refractivity contribution in [2.45, 2.75) is 38.0 Å². The number of aliphatic hydroxyl groups excluding tert-OH is 1. The monoisotopic (exact) mass is 467 g/mol. The first kappa shape index (κ1) is 21.0. The van der Waals surface area contributed by atoms with Crippen LogP contribution in [0, 0.1) is 5.82 Å². The lowest BCUT2D eigenvalue weighted by Gasteiger charge is -2.20. The number of rotatable bonds is 3. The summed E-state index contributed by atoms with van der Waals surface area (Å²) in [5, 5.41) is 9.92. The summed E-state index contributed by atoms with van der Waals surface area (Å²) in [7, 11) is 1.65. The molecule has 9 nitrogen and oxygen atoms in total. The first-order chi connectivity index (χ1) is 16.4. The second-order valence-corrected chi connectivity index (χ2v) is 8.90. The Morgan fingerprint density at radius 2 is 2.06 bits per heavy atom. The van der Waals surface area contributed by atoms with E-state index in [0.717, 1.165) is 5.70 Å². The Bertz CT molecular complexity index is 1520. The first-order valence-corrected chi connectivity index (χ1v) is 11.3. The van der Waals surface area contributed by atoms with Crippen LogP contribution in [0.3, 0.4) is 0 Å². The molecule has 3 aromatic heterocycles. The fourth-order valence-corrected chi connectivity index (χ4v) is 4.86. The number of hydrogen-bond acceptors (Lipinski definition) is 6. The minimum absolute atomic E-state index is 0.166. The number of nitrogens with zero attached hydrogens (tertiary/aromatic N) is 7. The van der Waals surface area contributed by atoms with Crippen molar-refractivity contribution >= 4 is 33.7 Å². The topological polar surface area (TPSA) is 94.0 Å². The van der Waals surface area contributed by atoms with Gasteiger partial charge in [0.15, 0.2) is 11.5 Å². The number of hydrogen-bond donors (Lipinski definition) is 1. The average molecular weight is 467 g/mol. The van der Waals surface area contributed by atoms with E-state index in [1.807, 2.05) is 11.0 Å². The molecule has 0 spiro atoms. The van der Waals surface area contributed by atoms with Crippen molar-refractivity contribution in [3.63, 3.8) is 0 Å². The van der Waals surface area contributed by atoms with E-state index in [9.17, 15) is 18.7 Å². The lowest BCUT2D eigenvalue weighted by Crippen LogP contribution is -2.24. The molecule has 1 aromatic carbocycles. The summed E-state index contributed by atoms with van der Waals surface area (Å²) in [6.45, 7) is 0.624. The van der Waals surface area contributed by atoms with E-state index in [4.69, 9.17) is 9.97 Å². The van der Waals surface area contributed by atoms with Gasteiger partial charge < -0.3 is 10.0 Å². The molecule has 2 atom stereocenters. The lowest BCUT2D eigenvalue weighted by molar-refractivity contribution is 0.165. The Morgan fingerprint density at radius 3 is 2.79 bits per heavy atom. The normalized spacial score (nSPS) is 21.1. The molecule has 34 heavy (non-hydrogen) atoms. The van der Waals surface area contributed by atoms with Crippen molar-refractivity contribution in [3.8, 4) is 5.95 Å². The Hall–Kier alpha value is -3.60. The molecule has 0 bridgehead atoms. The molecule has 1 saturated heterocycles. The Labute approximate surface area is 192 Å². The number of alkyl halides is 1. The molecule has 6 rings (SSSR count). The summed E-state index contributed by atoms with van der Waals surface area (Å²) in [6, 6.07) is 4.26. The molecule has 0 amide bonds. The Balaban J connectivity index is 1.64. The van der Waals surface area contributed by atoms with Crippen molar-refractivity contribution in [2.24, 2.45) is 7.05 Å². The molecular formula is C23H23F2N7O2. The highest BCUT2D eigenvalue weighted by molar-refractivity contribution is 5.88. The number of halogens is 2. The number of aryl methyl sites for hydroxylation is 1. The van der Waals surface area contributed by atoms with Crippen molar-refractivity contribution in [1.29, 1.82) is 0 Å². The zero-order chi connectivity index (χ0) is 23.6. The predicted octanol–water partition coefficient (Wildman–Crippen LogP) is 2.54. The third-order valence-corrected chi connectivity index (χ3v) is 6.66. The smallest absolute Gasteiger partial charge is 0.334 e. The van der Waals surface area contributed by atoms with E-state index in [-0.39, 0.29) is 18.2 Å². The zero-order valence-electron chi connectivity index (χ0n) is 18.5. The van der Waals surface area contributed by atoms with Gasteiger partial charge in [-0.3, -0.25) is 9.13 Å². The molecule has 1 aliphatic heterocycles. The van der Waals surface area contributed by atoms with Gasteiger partial charge in [-0.15, -0.1) is 0 Å². The van der Waals surface area contributed by atoms with E-state index in [1.54, 1.807) is 22.2 Å². The fourth-order valence-electron chi connectivity index (χ4n) is 4.86. The van der Waals surface area contributed by atoms with E-state index in [1.165, 1.54) is 23.0 Å². The highest BCUT2D eigenvalue weighted by Gasteiger charge is 2.30. The number of fused-ring (bicyclic) bond motifs is 2. The van der Waals surface area contributed by atoms with Crippen molar-refractivity contribution in [1.82, 2.24) is 28.7 Å². The highest BCUT2D eigenvalue weighted by Crippen LogP contribution is 2.31. The number of allylic oxidation sites excluding steroid dienone is 1. The Morgan fingerprint density at radius 1 is 1.21 bits per heavy atom. The number of benzene rings is 1. The predicted molar refractivity (Wildman–Crippen MR) is 123 cm³/mol. The van der Waals surface area contributed by atoms with Gasteiger partial charge in [0.05, 0.1) is 23.7 Å². The van der Waals surface area contributed by atoms with Crippen LogP contribution in [0.15, 0.2) is 35.4 Å². The molecule has 11 heteroatoms. The fraction of sp³-hybridized carbons (Fsp3) is 0.391. The average Bonchev–Trinajstić information content (AvgIpc) is 3.51. The van der Waals surface area contributed by atoms with Gasteiger partial charge in [0, 0.05) is 25.4 Å². The maximum Gasteiger partial charge on any atom is 0.334 e. The zero-order valence-corrected chi connectivity index (χ0v) is 18.5. The first-order valence-electron chi connectivity index (χ1n) is 11.3. The molecule has 1 fully saturated rings. The number of aliphatic hydroxyl groups is 1. The van der Waals surface area contributed by atoms with Gasteiger partial charge in [-0.1, -0.05) is 6.08 Å². The largest absolute Gasteiger partial charge is 0.393 e. The van der Waals surface area contributed by atoms with Gasteiger partial charge >= 0.3 is 5.69 Å². The van der Waals surface area contributed by atoms with Crippen molar-refractivity contribution in [3.05, 3.63) is 46.9 Å². The summed E-state index contributed by atoms with van der Waals surface area (Å²) in [5.41, 5.74) is 2.41. The summed E-state index contributed by atoms with van der Waals surface area (Å²) in [4.78, 5) is 29.0. The minimum Gasteiger partial charge on any atom is -0.393 e. The second-order valence-electron chi connectivity index (χ2n) is 8.90. The van der Waals surface area contributed by atoms with Crippen LogP contribution in [0.5, 0.6) is 0 Å². The maximum absolute atomic E-state index is 14.2. The summed E-state index contributed by atoms with van der Waals surface area (Å²) >= 11 is 0. The molecule has 0 unspecified atom stereocenters. The van der Waals surface area contributed by atoms with E-state index in [0.29, 0.717) is 60.2 Å². The van der Waals surface area contributed by atoms with Crippen LogP contribution in [0.4, 0.5) is 14.6 Å². The van der Waals surface area contributed by atoms with Crippen LogP contribution in [-0.4, -0.2) is 59.1 Å². The lowest BCUT2D eigenvalue weighted by atomic mass is 10.0. The van der Waals surface area contributed by atoms with Crippen molar-refractivity contribution in [2.75, 3.05) is 18.0 Å². The van der Waals surface area contributed by atoms with E-state index < -0.39 is 18.1 Å². The second kappa shape index (κ2) is 7.73. The molecule has 1 aliphatic carbocycles. The molecule has 0 saturated carbocycles. The standard InChI is InChI=1S/C23H23F2N7O2/c1-29-19-20(30-9-8-14(25)11-30)27-22(31-12-26-17-7-2-13(24)10-18(17)31)28-21(19)32(23(29)34)15-3-5-16(33)6-4-15/h2-3,7,10,12,14,16,33H,4-6,8-9,11H2,1H3/t14-,16-/m1/s1. The highest BCUT2D eigenvalue weighted by atomic mass is 19.1. The molecule has 0 radical (unpaired) electrons. The van der Waals surface area contributed by atoms with Gasteiger partial charge in [0.2, 0.25) is 5.95 Å². The third-order valence-electron chi connectivity index (χ3n) is 6.66. The van der Waals surface area contributed by atoms with Gasteiger partial charge in [-0.2, -0.15) is 9.97 Å². The summed E-state index contributed by atoms with van der Waals surface area (Å²) in [6.07, 6.45) is 3.82. The van der Waals surface area contributed by atoms with Gasteiger partial charge in [0.1, 0.15) is 23.8 Å². The molecule has 4 aromatic rings. The number of imidazole rings is 2. The van der Waals surface area contributed by atoms with Crippen LogP contribution < -0.4 is 10.6 Å². The van der Waals surface area contributed by atoms with Crippen molar-refractivity contribution < 1.29 is 13.9 Å². The van der Waals surface area contributed by atoms with E-state index in [2.05, 4.69) is 4.98 Å². The SMILES string of the molecule is Cn1c(=O)n(C2=CC[C@@H](O)CC2)c2nc(-n3cnc4ccc(F)cc43)nc(N3CC[C@@H](F)C3)c21. The van der Waals surface area contributed by atoms with Crippen LogP contribution >= 0.6 is 0 Å². The van der Waals surface area contributed by atoms with Gasteiger partial charge in [-0.25, -0.2) is 23.1 Å². The quantitative estimate of drug-likeness (QED) is 0.498. The van der Waals surface area contributed by atoms with Crippen LogP contribution in [0.1, 0.15) is 25.7 Å². The summed E-state index contributed by atoms with van der Waals surface area (Å²) < 4.78 is 32.8. The third kappa shape index (κ3) is 3.22. The van der Waals surface area contributed by atoms with Gasteiger partial charge in [0.25, 0.3) is 0 Å². The number of aromatic nitrogens is 6. The molecule has 1 N–H and O–H groups in total. The van der Waals surface area contributed by atoms with Crippen LogP contribution in [0.2, 0.25) is 0 Å². The molecule has 176 valence electrons. The van der Waals surface area contributed by atoms with Crippen LogP contribution in [0.25, 0.3) is 33.8 Å². The van der Waals surface area contributed by atoms with Gasteiger partial charge in [-0.05, 0) is 37.8 Å². The minimum atomic E-state index is -0.988. The Kier molecular flexibility index (Phi) is 4.76. The van der Waals surface area contributed by atoms with Crippen LogP contribution in [-0.2, 0) is 7.05 Å². The maximum atomic E-state index is 14.2. The number of anilines is 1. The molecule has 2 aliphatic rings. The van der Waals surface area contributed by atoms with E-state index >= 15 is 0 Å². The molecule has 4 heterocycles. The molecular weight excluding hydrogens is 444 g/mol. The summed E-state index contributed by atoms with van der Waals surface area (Å²) in [5.74, 6) is 0.250.